The first-order chi connectivity index (χ1) is 16.6. The molecule has 0 spiro atoms. The van der Waals surface area contributed by atoms with Crippen molar-refractivity contribution in [3.8, 4) is 11.3 Å². The zero-order valence-electron chi connectivity index (χ0n) is 18.5. The molecule has 1 saturated heterocycles. The van der Waals surface area contributed by atoms with Crippen LogP contribution in [-0.2, 0) is 11.3 Å². The van der Waals surface area contributed by atoms with Gasteiger partial charge in [0.1, 0.15) is 0 Å². The molecular weight excluding hydrogens is 468 g/mol. The van der Waals surface area contributed by atoms with Crippen LogP contribution < -0.4 is 16.0 Å². The molecule has 4 N–H and O–H groups in total. The quantitative estimate of drug-likeness (QED) is 0.369. The Balaban J connectivity index is 1.11. The Morgan fingerprint density at radius 2 is 1.97 bits per heavy atom. The van der Waals surface area contributed by atoms with Gasteiger partial charge in [-0.3, -0.25) is 9.78 Å². The maximum absolute atomic E-state index is 11.8. The number of thiophene rings is 1. The lowest BCUT2D eigenvalue weighted by molar-refractivity contribution is -0.117. The van der Waals surface area contributed by atoms with E-state index in [9.17, 15) is 9.90 Å². The molecule has 34 heavy (non-hydrogen) atoms. The average molecular weight is 495 g/mol. The van der Waals surface area contributed by atoms with Crippen molar-refractivity contribution in [3.05, 3.63) is 63.6 Å². The Bertz CT molecular complexity index is 1160. The molecule has 2 fully saturated rings. The van der Waals surface area contributed by atoms with E-state index in [0.717, 1.165) is 55.4 Å². The van der Waals surface area contributed by atoms with Crippen LogP contribution in [0.2, 0.25) is 0 Å². The summed E-state index contributed by atoms with van der Waals surface area (Å²) in [6.07, 6.45) is 7.55. The summed E-state index contributed by atoms with van der Waals surface area (Å²) in [5, 5.41) is 23.3. The number of pyridine rings is 1. The van der Waals surface area contributed by atoms with Crippen LogP contribution in [0.5, 0.6) is 0 Å². The summed E-state index contributed by atoms with van der Waals surface area (Å²) in [5.74, 6) is 0.272. The number of thioether (sulfide) groups is 1. The van der Waals surface area contributed by atoms with Gasteiger partial charge in [-0.15, -0.1) is 0 Å². The first kappa shape index (κ1) is 23.0. The van der Waals surface area contributed by atoms with Crippen LogP contribution in [0.15, 0.2) is 52.2 Å². The summed E-state index contributed by atoms with van der Waals surface area (Å²) < 4.78 is 0. The second kappa shape index (κ2) is 10.6. The Kier molecular flexibility index (Phi) is 7.19. The fraction of sp³-hybridized carbons (Fsp3) is 0.333. The number of carbonyl (C=O) groups excluding carboxylic acids is 1. The van der Waals surface area contributed by atoms with Crippen LogP contribution in [0, 0.1) is 0 Å². The van der Waals surface area contributed by atoms with E-state index in [1.807, 2.05) is 0 Å². The highest BCUT2D eigenvalue weighted by Crippen LogP contribution is 2.28. The number of anilines is 1. The van der Waals surface area contributed by atoms with Crippen molar-refractivity contribution in [2.24, 2.45) is 0 Å². The molecular formula is C24H26N6O2S2. The van der Waals surface area contributed by atoms with Gasteiger partial charge in [-0.1, -0.05) is 17.8 Å². The zero-order chi connectivity index (χ0) is 23.3. The lowest BCUT2D eigenvalue weighted by Crippen LogP contribution is -2.37. The number of aliphatic hydroxyl groups excluding tert-OH is 1. The van der Waals surface area contributed by atoms with Crippen molar-refractivity contribution in [3.63, 3.8) is 0 Å². The van der Waals surface area contributed by atoms with E-state index in [4.69, 9.17) is 4.98 Å². The van der Waals surface area contributed by atoms with Gasteiger partial charge < -0.3 is 21.1 Å². The van der Waals surface area contributed by atoms with Crippen LogP contribution in [-0.4, -0.2) is 43.6 Å². The van der Waals surface area contributed by atoms with Crippen molar-refractivity contribution < 1.29 is 9.90 Å². The highest BCUT2D eigenvalue weighted by Gasteiger charge is 2.25. The van der Waals surface area contributed by atoms with Crippen molar-refractivity contribution in [1.29, 1.82) is 0 Å². The summed E-state index contributed by atoms with van der Waals surface area (Å²) in [6, 6.07) is 10.8. The Morgan fingerprint density at radius 1 is 1.12 bits per heavy atom. The average Bonchev–Trinajstić information content (AvgIpc) is 3.49. The lowest BCUT2D eigenvalue weighted by Gasteiger charge is -2.29. The number of rotatable bonds is 7. The van der Waals surface area contributed by atoms with E-state index < -0.39 is 5.56 Å². The van der Waals surface area contributed by atoms with Crippen molar-refractivity contribution in [2.75, 3.05) is 5.32 Å². The third-order valence-electron chi connectivity index (χ3n) is 5.93. The normalized spacial score (nSPS) is 23.7. The fourth-order valence-electron chi connectivity index (χ4n) is 4.17. The predicted octanol–water partition coefficient (Wildman–Crippen LogP) is 3.59. The molecule has 8 nitrogen and oxygen atoms in total. The molecule has 1 amide bonds. The maximum atomic E-state index is 11.8. The summed E-state index contributed by atoms with van der Waals surface area (Å²) in [5.41, 5.74) is 2.99. The first-order valence-electron chi connectivity index (χ1n) is 11.3. The highest BCUT2D eigenvalue weighted by molar-refractivity contribution is 8.05. The van der Waals surface area contributed by atoms with Gasteiger partial charge in [0.25, 0.3) is 5.91 Å². The van der Waals surface area contributed by atoms with Gasteiger partial charge >= 0.3 is 0 Å². The van der Waals surface area contributed by atoms with Crippen LogP contribution in [0.3, 0.4) is 0 Å². The number of amides is 1. The molecule has 1 unspecified atom stereocenters. The molecule has 1 aliphatic heterocycles. The molecule has 0 radical (unpaired) electrons. The Hall–Kier alpha value is -2.79. The predicted molar refractivity (Wildman–Crippen MR) is 136 cm³/mol. The van der Waals surface area contributed by atoms with Crippen molar-refractivity contribution in [1.82, 2.24) is 25.6 Å². The number of hydrogen-bond acceptors (Lipinski definition) is 9. The monoisotopic (exact) mass is 494 g/mol. The first-order valence-corrected chi connectivity index (χ1v) is 13.1. The summed E-state index contributed by atoms with van der Waals surface area (Å²) in [6.45, 7) is 0.765. The number of nitrogens with zero attached hydrogens (tertiary/aromatic N) is 3. The van der Waals surface area contributed by atoms with Gasteiger partial charge in [0.05, 0.1) is 22.0 Å². The van der Waals surface area contributed by atoms with Crippen LogP contribution >= 0.6 is 23.1 Å². The van der Waals surface area contributed by atoms with Gasteiger partial charge in [-0.25, -0.2) is 9.97 Å². The number of aromatic nitrogens is 3. The van der Waals surface area contributed by atoms with E-state index >= 15 is 0 Å². The molecule has 176 valence electrons. The second-order valence-electron chi connectivity index (χ2n) is 8.36. The van der Waals surface area contributed by atoms with E-state index in [2.05, 4.69) is 60.9 Å². The minimum absolute atomic E-state index is 0.287. The molecule has 3 aromatic rings. The molecule has 3 aromatic heterocycles. The molecule has 1 aliphatic carbocycles. The molecule has 2 aliphatic rings. The summed E-state index contributed by atoms with van der Waals surface area (Å²) in [7, 11) is 0. The molecule has 4 heterocycles. The van der Waals surface area contributed by atoms with Gasteiger partial charge in [-0.05, 0) is 61.4 Å². The number of aliphatic hydroxyl groups is 1. The SMILES string of the molecule is O=C1NC(O)S/C1=C\c1ccnc(NC2CCC(NCc3cccc(-c4ccsc4)n3)CC2)n1. The fourth-order valence-corrected chi connectivity index (χ4v) is 5.58. The topological polar surface area (TPSA) is 112 Å². The van der Waals surface area contributed by atoms with E-state index in [1.54, 1.807) is 29.7 Å². The largest absolute Gasteiger partial charge is 0.364 e. The second-order valence-corrected chi connectivity index (χ2v) is 10.3. The molecule has 10 heteroatoms. The smallest absolute Gasteiger partial charge is 0.260 e. The summed E-state index contributed by atoms with van der Waals surface area (Å²) in [4.78, 5) is 25.9. The number of carbonyl (C=O) groups is 1. The van der Waals surface area contributed by atoms with Crippen molar-refractivity contribution in [2.45, 2.75) is 49.9 Å². The Labute approximate surface area is 206 Å². The standard InChI is InChI=1S/C24H26N6O2S2/c31-22-21(34-24(32)30-22)12-18-8-10-25-23(29-18)28-17-6-4-16(5-7-17)26-13-19-2-1-3-20(27-19)15-9-11-33-14-15/h1-3,8-12,14,16-17,24,26,32H,4-7,13H2,(H,30,31)(H,25,28,29)/b21-12-. The highest BCUT2D eigenvalue weighted by atomic mass is 32.2. The van der Waals surface area contributed by atoms with Gasteiger partial charge in [-0.2, -0.15) is 11.3 Å². The van der Waals surface area contributed by atoms with Crippen LogP contribution in [0.25, 0.3) is 17.3 Å². The minimum Gasteiger partial charge on any atom is -0.364 e. The molecule has 0 bridgehead atoms. The summed E-state index contributed by atoms with van der Waals surface area (Å²) >= 11 is 2.76. The van der Waals surface area contributed by atoms with Crippen LogP contribution in [0.4, 0.5) is 5.95 Å². The van der Waals surface area contributed by atoms with E-state index in [1.165, 1.54) is 5.56 Å². The number of hydrogen-bond donors (Lipinski definition) is 4. The molecule has 1 saturated carbocycles. The lowest BCUT2D eigenvalue weighted by atomic mass is 9.91. The van der Waals surface area contributed by atoms with Crippen LogP contribution in [0.1, 0.15) is 37.1 Å². The molecule has 0 aromatic carbocycles. The third-order valence-corrected chi connectivity index (χ3v) is 7.51. The zero-order valence-corrected chi connectivity index (χ0v) is 20.1. The van der Waals surface area contributed by atoms with E-state index in [0.29, 0.717) is 28.6 Å². The van der Waals surface area contributed by atoms with Crippen molar-refractivity contribution >= 4 is 41.0 Å². The van der Waals surface area contributed by atoms with Gasteiger partial charge in [0.2, 0.25) is 5.95 Å². The molecule has 5 rings (SSSR count). The molecule has 1 atom stereocenters. The number of nitrogens with one attached hydrogen (secondary N) is 3. The maximum Gasteiger partial charge on any atom is 0.260 e. The van der Waals surface area contributed by atoms with E-state index in [-0.39, 0.29) is 5.91 Å². The Morgan fingerprint density at radius 3 is 2.74 bits per heavy atom. The third kappa shape index (κ3) is 5.82. The van der Waals surface area contributed by atoms with Gasteiger partial charge in [0.15, 0.2) is 5.56 Å². The van der Waals surface area contributed by atoms with Gasteiger partial charge in [0, 0.05) is 35.8 Å². The minimum atomic E-state index is -0.900.